The molecule has 0 radical (unpaired) electrons. The third-order valence-corrected chi connectivity index (χ3v) is 5.40. The molecule has 5 nitrogen and oxygen atoms in total. The molecule has 1 aliphatic rings. The van der Waals surface area contributed by atoms with Gasteiger partial charge in [0.2, 0.25) is 0 Å². The average Bonchev–Trinajstić information content (AvgIpc) is 2.77. The van der Waals surface area contributed by atoms with E-state index < -0.39 is 6.10 Å². The SMILES string of the molecule is CCNC(=NCC(O)c1ccc(F)cc1)NCC1CCCOC1c1ccc(C)cc1.I. The quantitative estimate of drug-likeness (QED) is 0.274. The maximum Gasteiger partial charge on any atom is 0.191 e. The van der Waals surface area contributed by atoms with E-state index in [1.807, 2.05) is 6.92 Å². The van der Waals surface area contributed by atoms with Crippen LogP contribution < -0.4 is 10.6 Å². The summed E-state index contributed by atoms with van der Waals surface area (Å²) in [6.07, 6.45) is 1.42. The van der Waals surface area contributed by atoms with Crippen LogP contribution in [0.1, 0.15) is 48.7 Å². The summed E-state index contributed by atoms with van der Waals surface area (Å²) < 4.78 is 19.2. The van der Waals surface area contributed by atoms with Crippen molar-refractivity contribution < 1.29 is 14.2 Å². The number of hydrogen-bond donors (Lipinski definition) is 3. The fourth-order valence-electron chi connectivity index (χ4n) is 3.71. The van der Waals surface area contributed by atoms with Crippen LogP contribution in [0.4, 0.5) is 4.39 Å². The monoisotopic (exact) mass is 541 g/mol. The van der Waals surface area contributed by atoms with Crippen molar-refractivity contribution in [2.75, 3.05) is 26.2 Å². The highest BCUT2D eigenvalue weighted by Gasteiger charge is 2.27. The first-order chi connectivity index (χ1) is 14.6. The van der Waals surface area contributed by atoms with Crippen molar-refractivity contribution in [3.63, 3.8) is 0 Å². The molecule has 0 aliphatic carbocycles. The van der Waals surface area contributed by atoms with Crippen molar-refractivity contribution in [3.8, 4) is 0 Å². The molecule has 0 aromatic heterocycles. The van der Waals surface area contributed by atoms with Crippen molar-refractivity contribution in [1.82, 2.24) is 10.6 Å². The normalized spacial score (nSPS) is 19.9. The van der Waals surface area contributed by atoms with Gasteiger partial charge in [-0.25, -0.2) is 4.39 Å². The fraction of sp³-hybridized carbons (Fsp3) is 0.458. The maximum absolute atomic E-state index is 13.1. The Morgan fingerprint density at radius 2 is 1.87 bits per heavy atom. The number of aliphatic imine (C=N–C) groups is 1. The molecule has 170 valence electrons. The van der Waals surface area contributed by atoms with Crippen LogP contribution in [-0.4, -0.2) is 37.3 Å². The molecule has 3 atom stereocenters. The number of hydrogen-bond acceptors (Lipinski definition) is 3. The van der Waals surface area contributed by atoms with Gasteiger partial charge in [0.05, 0.1) is 18.8 Å². The Hall–Kier alpha value is -1.71. The van der Waals surface area contributed by atoms with E-state index in [1.165, 1.54) is 23.3 Å². The summed E-state index contributed by atoms with van der Waals surface area (Å²) in [5.74, 6) is 0.682. The lowest BCUT2D eigenvalue weighted by molar-refractivity contribution is -0.0265. The van der Waals surface area contributed by atoms with E-state index in [4.69, 9.17) is 4.74 Å². The summed E-state index contributed by atoms with van der Waals surface area (Å²) in [6, 6.07) is 14.4. The van der Waals surface area contributed by atoms with Crippen LogP contribution in [0.3, 0.4) is 0 Å². The lowest BCUT2D eigenvalue weighted by Crippen LogP contribution is -2.42. The summed E-state index contributed by atoms with van der Waals surface area (Å²) in [6.45, 7) is 6.53. The van der Waals surface area contributed by atoms with Crippen LogP contribution in [-0.2, 0) is 4.74 Å². The van der Waals surface area contributed by atoms with E-state index in [9.17, 15) is 9.50 Å². The number of rotatable bonds is 7. The van der Waals surface area contributed by atoms with Gasteiger partial charge in [0.15, 0.2) is 5.96 Å². The van der Waals surface area contributed by atoms with Gasteiger partial charge in [-0.1, -0.05) is 42.0 Å². The highest BCUT2D eigenvalue weighted by molar-refractivity contribution is 14.0. The zero-order valence-corrected chi connectivity index (χ0v) is 20.5. The van der Waals surface area contributed by atoms with Gasteiger partial charge in [-0.2, -0.15) is 0 Å². The number of nitrogens with one attached hydrogen (secondary N) is 2. The van der Waals surface area contributed by atoms with Crippen molar-refractivity contribution in [1.29, 1.82) is 0 Å². The first-order valence-corrected chi connectivity index (χ1v) is 10.7. The number of aliphatic hydroxyl groups is 1. The first kappa shape index (κ1) is 25.5. The third kappa shape index (κ3) is 7.73. The molecular formula is C24H33FIN3O2. The molecule has 0 bridgehead atoms. The van der Waals surface area contributed by atoms with Gasteiger partial charge in [0, 0.05) is 25.6 Å². The zero-order chi connectivity index (χ0) is 21.3. The van der Waals surface area contributed by atoms with Gasteiger partial charge in [-0.05, 0) is 49.9 Å². The molecule has 0 saturated carbocycles. The molecule has 31 heavy (non-hydrogen) atoms. The predicted molar refractivity (Wildman–Crippen MR) is 133 cm³/mol. The smallest absolute Gasteiger partial charge is 0.191 e. The van der Waals surface area contributed by atoms with E-state index in [0.29, 0.717) is 17.4 Å². The second kappa shape index (κ2) is 13.0. The largest absolute Gasteiger partial charge is 0.386 e. The second-order valence-corrected chi connectivity index (χ2v) is 7.77. The molecule has 2 aromatic rings. The molecule has 0 amide bonds. The molecular weight excluding hydrogens is 508 g/mol. The topological polar surface area (TPSA) is 65.9 Å². The van der Waals surface area contributed by atoms with Crippen LogP contribution in [0.2, 0.25) is 0 Å². The number of halogens is 2. The first-order valence-electron chi connectivity index (χ1n) is 10.7. The Bertz CT molecular complexity index is 815. The van der Waals surface area contributed by atoms with Crippen LogP contribution >= 0.6 is 24.0 Å². The molecule has 3 unspecified atom stereocenters. The molecule has 1 aliphatic heterocycles. The zero-order valence-electron chi connectivity index (χ0n) is 18.2. The van der Waals surface area contributed by atoms with Crippen LogP contribution in [0.15, 0.2) is 53.5 Å². The Balaban J connectivity index is 0.00000341. The third-order valence-electron chi connectivity index (χ3n) is 5.40. The molecule has 0 spiro atoms. The Morgan fingerprint density at radius 1 is 1.16 bits per heavy atom. The summed E-state index contributed by atoms with van der Waals surface area (Å²) in [4.78, 5) is 4.52. The van der Waals surface area contributed by atoms with Gasteiger partial charge in [-0.3, -0.25) is 4.99 Å². The minimum Gasteiger partial charge on any atom is -0.386 e. The number of ether oxygens (including phenoxy) is 1. The van der Waals surface area contributed by atoms with Crippen LogP contribution in [0, 0.1) is 18.7 Å². The highest BCUT2D eigenvalue weighted by atomic mass is 127. The van der Waals surface area contributed by atoms with Gasteiger partial charge in [0.25, 0.3) is 0 Å². The predicted octanol–water partition coefficient (Wildman–Crippen LogP) is 4.51. The van der Waals surface area contributed by atoms with Crippen molar-refractivity contribution in [3.05, 3.63) is 71.0 Å². The average molecular weight is 541 g/mol. The molecule has 1 saturated heterocycles. The summed E-state index contributed by atoms with van der Waals surface area (Å²) >= 11 is 0. The Kier molecular flexibility index (Phi) is 10.7. The molecule has 7 heteroatoms. The molecule has 1 heterocycles. The van der Waals surface area contributed by atoms with Crippen molar-refractivity contribution >= 4 is 29.9 Å². The number of benzene rings is 2. The maximum atomic E-state index is 13.1. The lowest BCUT2D eigenvalue weighted by atomic mass is 9.89. The molecule has 1 fully saturated rings. The summed E-state index contributed by atoms with van der Waals surface area (Å²) in [7, 11) is 0. The van der Waals surface area contributed by atoms with E-state index in [1.54, 1.807) is 12.1 Å². The highest BCUT2D eigenvalue weighted by Crippen LogP contribution is 2.33. The minimum absolute atomic E-state index is 0. The molecule has 3 N–H and O–H groups in total. The number of aryl methyl sites for hydroxylation is 1. The van der Waals surface area contributed by atoms with Gasteiger partial charge >= 0.3 is 0 Å². The number of aliphatic hydroxyl groups excluding tert-OH is 1. The Morgan fingerprint density at radius 3 is 2.55 bits per heavy atom. The van der Waals surface area contributed by atoms with Gasteiger partial charge < -0.3 is 20.5 Å². The van der Waals surface area contributed by atoms with Crippen molar-refractivity contribution in [2.24, 2.45) is 10.9 Å². The van der Waals surface area contributed by atoms with E-state index >= 15 is 0 Å². The van der Waals surface area contributed by atoms with Gasteiger partial charge in [-0.15, -0.1) is 24.0 Å². The number of guanidine groups is 1. The number of nitrogens with zero attached hydrogens (tertiary/aromatic N) is 1. The van der Waals surface area contributed by atoms with Crippen molar-refractivity contribution in [2.45, 2.75) is 38.9 Å². The van der Waals surface area contributed by atoms with Crippen LogP contribution in [0.25, 0.3) is 0 Å². The fourth-order valence-corrected chi connectivity index (χ4v) is 3.71. The Labute approximate surface area is 201 Å². The van der Waals surface area contributed by atoms with E-state index in [-0.39, 0.29) is 42.4 Å². The van der Waals surface area contributed by atoms with E-state index in [0.717, 1.165) is 32.5 Å². The van der Waals surface area contributed by atoms with Gasteiger partial charge in [0.1, 0.15) is 5.82 Å². The minimum atomic E-state index is -0.778. The lowest BCUT2D eigenvalue weighted by Gasteiger charge is -2.32. The summed E-state index contributed by atoms with van der Waals surface area (Å²) in [5, 5.41) is 17.0. The van der Waals surface area contributed by atoms with Crippen LogP contribution in [0.5, 0.6) is 0 Å². The molecule has 2 aromatic carbocycles. The van der Waals surface area contributed by atoms with E-state index in [2.05, 4.69) is 46.8 Å². The standard InChI is InChI=1S/C24H32FN3O2.HI/c1-3-26-24(28-16-22(29)18-10-12-21(25)13-11-18)27-15-20-5-4-14-30-23(20)19-8-6-17(2)7-9-19;/h6-13,20,22-23,29H,3-5,14-16H2,1-2H3,(H2,26,27,28);1H. The molecule has 3 rings (SSSR count). The summed E-state index contributed by atoms with van der Waals surface area (Å²) in [5.41, 5.74) is 3.10. The second-order valence-electron chi connectivity index (χ2n) is 7.77.